The normalized spacial score (nSPS) is 10.3. The minimum Gasteiger partial charge on any atom is -0.397 e. The van der Waals surface area contributed by atoms with Crippen LogP contribution < -0.4 is 16.4 Å². The lowest BCUT2D eigenvalue weighted by Crippen LogP contribution is -2.18. The summed E-state index contributed by atoms with van der Waals surface area (Å²) in [5, 5.41) is 9.97. The molecule has 0 radical (unpaired) electrons. The summed E-state index contributed by atoms with van der Waals surface area (Å²) in [7, 11) is 3.52. The summed E-state index contributed by atoms with van der Waals surface area (Å²) in [6.07, 6.45) is 2.61. The van der Waals surface area contributed by atoms with E-state index in [0.717, 1.165) is 24.3 Å². The highest BCUT2D eigenvalue weighted by atomic mass is 16.1. The molecule has 20 heavy (non-hydrogen) atoms. The molecule has 6 heteroatoms. The fraction of sp³-hybridized carbons (Fsp3) is 0.286. The van der Waals surface area contributed by atoms with E-state index in [4.69, 9.17) is 5.73 Å². The van der Waals surface area contributed by atoms with Crippen LogP contribution in [-0.2, 0) is 13.5 Å². The molecule has 1 heterocycles. The maximum Gasteiger partial charge on any atom is 0.251 e. The van der Waals surface area contributed by atoms with Crippen LogP contribution in [0.25, 0.3) is 0 Å². The van der Waals surface area contributed by atoms with Gasteiger partial charge in [-0.05, 0) is 24.3 Å². The topological polar surface area (TPSA) is 85.0 Å². The number of carbonyl (C=O) groups is 1. The SMILES string of the molecule is CNC(=O)c1ccc(N)c(NCCc2ccnn2C)c1. The van der Waals surface area contributed by atoms with Crippen molar-refractivity contribution in [3.8, 4) is 0 Å². The highest BCUT2D eigenvalue weighted by Crippen LogP contribution is 2.20. The fourth-order valence-electron chi connectivity index (χ4n) is 1.97. The maximum atomic E-state index is 11.6. The van der Waals surface area contributed by atoms with Crippen molar-refractivity contribution in [2.45, 2.75) is 6.42 Å². The molecule has 0 fully saturated rings. The summed E-state index contributed by atoms with van der Waals surface area (Å²) in [4.78, 5) is 11.6. The second-order valence-corrected chi connectivity index (χ2v) is 4.50. The molecule has 1 amide bonds. The quantitative estimate of drug-likeness (QED) is 0.710. The van der Waals surface area contributed by atoms with Crippen molar-refractivity contribution in [3.63, 3.8) is 0 Å². The van der Waals surface area contributed by atoms with Crippen LogP contribution in [-0.4, -0.2) is 29.3 Å². The van der Waals surface area contributed by atoms with E-state index in [1.807, 2.05) is 17.8 Å². The number of nitrogens with zero attached hydrogens (tertiary/aromatic N) is 2. The third-order valence-electron chi connectivity index (χ3n) is 3.16. The summed E-state index contributed by atoms with van der Waals surface area (Å²) in [6, 6.07) is 7.18. The van der Waals surface area contributed by atoms with Crippen molar-refractivity contribution in [1.29, 1.82) is 0 Å². The number of nitrogens with two attached hydrogens (primary N) is 1. The van der Waals surface area contributed by atoms with E-state index < -0.39 is 0 Å². The van der Waals surface area contributed by atoms with Crippen LogP contribution in [0.15, 0.2) is 30.5 Å². The first-order chi connectivity index (χ1) is 9.61. The van der Waals surface area contributed by atoms with Crippen LogP contribution in [0.1, 0.15) is 16.1 Å². The van der Waals surface area contributed by atoms with Crippen molar-refractivity contribution in [2.75, 3.05) is 24.6 Å². The van der Waals surface area contributed by atoms with Crippen molar-refractivity contribution >= 4 is 17.3 Å². The number of aromatic nitrogens is 2. The molecule has 2 aromatic rings. The van der Waals surface area contributed by atoms with Gasteiger partial charge < -0.3 is 16.4 Å². The average Bonchev–Trinajstić information content (AvgIpc) is 2.85. The Morgan fingerprint density at radius 3 is 2.85 bits per heavy atom. The third kappa shape index (κ3) is 3.09. The van der Waals surface area contributed by atoms with E-state index in [1.54, 1.807) is 31.4 Å². The minimum absolute atomic E-state index is 0.125. The molecular weight excluding hydrogens is 254 g/mol. The van der Waals surface area contributed by atoms with Gasteiger partial charge in [-0.25, -0.2) is 0 Å². The molecule has 0 unspecified atom stereocenters. The summed E-state index contributed by atoms with van der Waals surface area (Å²) < 4.78 is 1.84. The zero-order valence-corrected chi connectivity index (χ0v) is 11.7. The molecule has 1 aromatic carbocycles. The number of amides is 1. The predicted octanol–water partition coefficient (Wildman–Crippen LogP) is 1.02. The number of carbonyl (C=O) groups excluding carboxylic acids is 1. The van der Waals surface area contributed by atoms with E-state index in [1.165, 1.54) is 0 Å². The molecule has 6 nitrogen and oxygen atoms in total. The maximum absolute atomic E-state index is 11.6. The average molecular weight is 273 g/mol. The molecule has 2 rings (SSSR count). The first-order valence-corrected chi connectivity index (χ1v) is 6.44. The highest BCUT2D eigenvalue weighted by Gasteiger charge is 2.07. The van der Waals surface area contributed by atoms with Crippen molar-refractivity contribution in [1.82, 2.24) is 15.1 Å². The van der Waals surface area contributed by atoms with Crippen molar-refractivity contribution < 1.29 is 4.79 Å². The van der Waals surface area contributed by atoms with Gasteiger partial charge in [-0.3, -0.25) is 9.48 Å². The molecule has 0 saturated heterocycles. The van der Waals surface area contributed by atoms with Gasteiger partial charge in [-0.1, -0.05) is 0 Å². The van der Waals surface area contributed by atoms with Gasteiger partial charge >= 0.3 is 0 Å². The van der Waals surface area contributed by atoms with Gasteiger partial charge in [-0.15, -0.1) is 0 Å². The zero-order valence-electron chi connectivity index (χ0n) is 11.7. The minimum atomic E-state index is -0.125. The molecule has 0 spiro atoms. The number of rotatable bonds is 5. The summed E-state index contributed by atoms with van der Waals surface area (Å²) in [5.41, 5.74) is 9.03. The fourth-order valence-corrected chi connectivity index (χ4v) is 1.97. The smallest absolute Gasteiger partial charge is 0.251 e. The van der Waals surface area contributed by atoms with E-state index in [0.29, 0.717) is 11.3 Å². The standard InChI is InChI=1S/C14H19N5O/c1-16-14(20)10-3-4-12(15)13(9-10)17-7-5-11-6-8-18-19(11)2/h3-4,6,8-9,17H,5,7,15H2,1-2H3,(H,16,20). The molecular formula is C14H19N5O. The monoisotopic (exact) mass is 273 g/mol. The summed E-state index contributed by atoms with van der Waals surface area (Å²) in [6.45, 7) is 0.723. The van der Waals surface area contributed by atoms with Crippen LogP contribution in [0.4, 0.5) is 11.4 Å². The van der Waals surface area contributed by atoms with Crippen LogP contribution in [0.2, 0.25) is 0 Å². The van der Waals surface area contributed by atoms with Gasteiger partial charge in [0, 0.05) is 44.5 Å². The van der Waals surface area contributed by atoms with Crippen LogP contribution in [0, 0.1) is 0 Å². The van der Waals surface area contributed by atoms with Gasteiger partial charge in [-0.2, -0.15) is 5.10 Å². The van der Waals surface area contributed by atoms with E-state index >= 15 is 0 Å². The Hall–Kier alpha value is -2.50. The predicted molar refractivity (Wildman–Crippen MR) is 79.6 cm³/mol. The van der Waals surface area contributed by atoms with Gasteiger partial charge in [0.25, 0.3) is 5.91 Å². The molecule has 106 valence electrons. The van der Waals surface area contributed by atoms with Gasteiger partial charge in [0.05, 0.1) is 11.4 Å². The highest BCUT2D eigenvalue weighted by molar-refractivity contribution is 5.96. The van der Waals surface area contributed by atoms with E-state index in [-0.39, 0.29) is 5.91 Å². The largest absolute Gasteiger partial charge is 0.397 e. The van der Waals surface area contributed by atoms with Crippen LogP contribution >= 0.6 is 0 Å². The Balaban J connectivity index is 2.02. The lowest BCUT2D eigenvalue weighted by molar-refractivity contribution is 0.0963. The second kappa shape index (κ2) is 6.10. The van der Waals surface area contributed by atoms with Crippen molar-refractivity contribution in [3.05, 3.63) is 41.7 Å². The van der Waals surface area contributed by atoms with Gasteiger partial charge in [0.1, 0.15) is 0 Å². The Labute approximate surface area is 118 Å². The molecule has 4 N–H and O–H groups in total. The summed E-state index contributed by atoms with van der Waals surface area (Å²) in [5.74, 6) is -0.125. The molecule has 0 bridgehead atoms. The van der Waals surface area contributed by atoms with Crippen molar-refractivity contribution in [2.24, 2.45) is 7.05 Å². The first kappa shape index (κ1) is 13.9. The number of benzene rings is 1. The number of nitrogen functional groups attached to an aromatic ring is 1. The van der Waals surface area contributed by atoms with Gasteiger partial charge in [0.15, 0.2) is 0 Å². The number of hydrogen-bond acceptors (Lipinski definition) is 4. The lowest BCUT2D eigenvalue weighted by Gasteiger charge is -2.11. The van der Waals surface area contributed by atoms with Crippen LogP contribution in [0.5, 0.6) is 0 Å². The number of hydrogen-bond donors (Lipinski definition) is 3. The molecule has 0 aliphatic rings. The summed E-state index contributed by atoms with van der Waals surface area (Å²) >= 11 is 0. The molecule has 1 aromatic heterocycles. The molecule has 0 saturated carbocycles. The van der Waals surface area contributed by atoms with Crippen LogP contribution in [0.3, 0.4) is 0 Å². The second-order valence-electron chi connectivity index (χ2n) is 4.50. The van der Waals surface area contributed by atoms with E-state index in [9.17, 15) is 4.79 Å². The first-order valence-electron chi connectivity index (χ1n) is 6.44. The molecule has 0 aliphatic heterocycles. The Kier molecular flexibility index (Phi) is 4.24. The lowest BCUT2D eigenvalue weighted by atomic mass is 10.1. The third-order valence-corrected chi connectivity index (χ3v) is 3.16. The number of aryl methyl sites for hydroxylation is 1. The Morgan fingerprint density at radius 2 is 2.20 bits per heavy atom. The molecule has 0 aliphatic carbocycles. The number of anilines is 2. The van der Waals surface area contributed by atoms with Gasteiger partial charge in [0.2, 0.25) is 0 Å². The Morgan fingerprint density at radius 1 is 1.40 bits per heavy atom. The zero-order chi connectivity index (χ0) is 14.5. The Bertz CT molecular complexity index is 605. The number of nitrogens with one attached hydrogen (secondary N) is 2. The van der Waals surface area contributed by atoms with E-state index in [2.05, 4.69) is 15.7 Å². The molecule has 0 atom stereocenters.